The summed E-state index contributed by atoms with van der Waals surface area (Å²) in [6.07, 6.45) is -0.00685. The van der Waals surface area contributed by atoms with Crippen molar-refractivity contribution in [2.45, 2.75) is 16.2 Å². The van der Waals surface area contributed by atoms with Gasteiger partial charge in [-0.1, -0.05) is 11.6 Å². The zero-order chi connectivity index (χ0) is 24.9. The van der Waals surface area contributed by atoms with Crippen LogP contribution in [0.2, 0.25) is 5.02 Å². The van der Waals surface area contributed by atoms with E-state index in [1.165, 1.54) is 56.6 Å². The molecule has 13 heteroatoms. The molecule has 1 aliphatic heterocycles. The van der Waals surface area contributed by atoms with Gasteiger partial charge in [-0.2, -0.15) is 0 Å². The van der Waals surface area contributed by atoms with Gasteiger partial charge in [0.15, 0.2) is 0 Å². The summed E-state index contributed by atoms with van der Waals surface area (Å²) in [5, 5.41) is 0.380. The molecule has 0 unspecified atom stereocenters. The van der Waals surface area contributed by atoms with E-state index in [4.69, 9.17) is 21.1 Å². The number of carbonyl (C=O) groups is 1. The Morgan fingerprint density at radius 3 is 2.32 bits per heavy atom. The average Bonchev–Trinajstić information content (AvgIpc) is 2.83. The van der Waals surface area contributed by atoms with Crippen molar-refractivity contribution in [3.05, 3.63) is 47.5 Å². The summed E-state index contributed by atoms with van der Waals surface area (Å²) in [6.45, 7) is 1.76. The van der Waals surface area contributed by atoms with Crippen LogP contribution in [-0.4, -0.2) is 74.6 Å². The van der Waals surface area contributed by atoms with Crippen molar-refractivity contribution in [2.75, 3.05) is 51.3 Å². The van der Waals surface area contributed by atoms with Crippen molar-refractivity contribution in [1.82, 2.24) is 9.62 Å². The van der Waals surface area contributed by atoms with Gasteiger partial charge >= 0.3 is 0 Å². The van der Waals surface area contributed by atoms with E-state index in [1.807, 2.05) is 0 Å². The number of rotatable bonds is 9. The highest BCUT2D eigenvalue weighted by atomic mass is 35.5. The van der Waals surface area contributed by atoms with E-state index in [2.05, 4.69) is 4.72 Å². The first-order valence-electron chi connectivity index (χ1n) is 10.3. The highest BCUT2D eigenvalue weighted by molar-refractivity contribution is 7.92. The van der Waals surface area contributed by atoms with Gasteiger partial charge in [0.25, 0.3) is 10.0 Å². The maximum absolute atomic E-state index is 13.1. The number of nitrogens with one attached hydrogen (secondary N) is 1. The minimum absolute atomic E-state index is 0.00685. The van der Waals surface area contributed by atoms with E-state index in [-0.39, 0.29) is 40.1 Å². The summed E-state index contributed by atoms with van der Waals surface area (Å²) in [4.78, 5) is 13.7. The summed E-state index contributed by atoms with van der Waals surface area (Å²) in [5.41, 5.74) is 0.0321. The lowest BCUT2D eigenvalue weighted by molar-refractivity contribution is -0.135. The minimum atomic E-state index is -4.03. The Labute approximate surface area is 204 Å². The Balaban J connectivity index is 1.79. The lowest BCUT2D eigenvalue weighted by Gasteiger charge is -2.26. The molecule has 0 saturated carbocycles. The number of nitrogens with zero attached hydrogens (tertiary/aromatic N) is 2. The number of halogens is 1. The molecule has 3 rings (SSSR count). The van der Waals surface area contributed by atoms with Crippen LogP contribution in [0.15, 0.2) is 52.3 Å². The highest BCUT2D eigenvalue weighted by Crippen LogP contribution is 2.33. The van der Waals surface area contributed by atoms with Gasteiger partial charge in [-0.05, 0) is 42.5 Å². The summed E-state index contributed by atoms with van der Waals surface area (Å²) in [6, 6.07) is 9.49. The van der Waals surface area contributed by atoms with Gasteiger partial charge in [-0.15, -0.1) is 0 Å². The lowest BCUT2D eigenvalue weighted by atomic mass is 10.3. The van der Waals surface area contributed by atoms with Crippen LogP contribution in [0.3, 0.4) is 0 Å². The molecule has 1 aliphatic rings. The first-order valence-corrected chi connectivity index (χ1v) is 13.6. The summed E-state index contributed by atoms with van der Waals surface area (Å²) >= 11 is 5.85. The van der Waals surface area contributed by atoms with Gasteiger partial charge in [0.05, 0.1) is 35.8 Å². The maximum atomic E-state index is 13.1. The summed E-state index contributed by atoms with van der Waals surface area (Å²) in [5.74, 6) is -0.00306. The molecular formula is C21H26ClN3O7S2. The molecule has 2 aromatic rings. The second-order valence-electron chi connectivity index (χ2n) is 7.40. The molecule has 1 N–H and O–H groups in total. The van der Waals surface area contributed by atoms with Gasteiger partial charge in [-0.3, -0.25) is 9.10 Å². The Bertz CT molecular complexity index is 1230. The molecule has 0 radical (unpaired) electrons. The molecule has 0 spiro atoms. The van der Waals surface area contributed by atoms with Gasteiger partial charge in [0, 0.05) is 38.1 Å². The molecule has 0 aromatic heterocycles. The van der Waals surface area contributed by atoms with Crippen LogP contribution >= 0.6 is 11.6 Å². The summed E-state index contributed by atoms with van der Waals surface area (Å²) < 4.78 is 65.6. The zero-order valence-electron chi connectivity index (χ0n) is 18.7. The van der Waals surface area contributed by atoms with Gasteiger partial charge < -0.3 is 14.4 Å². The fraction of sp³-hybridized carbons (Fsp3) is 0.381. The van der Waals surface area contributed by atoms with Crippen molar-refractivity contribution in [2.24, 2.45) is 0 Å². The van der Waals surface area contributed by atoms with Crippen LogP contribution in [0.1, 0.15) is 6.42 Å². The van der Waals surface area contributed by atoms with Crippen LogP contribution in [0, 0.1) is 0 Å². The molecule has 1 amide bonds. The van der Waals surface area contributed by atoms with Crippen LogP contribution in [0.4, 0.5) is 5.69 Å². The van der Waals surface area contributed by atoms with Crippen LogP contribution in [0.5, 0.6) is 5.75 Å². The van der Waals surface area contributed by atoms with E-state index in [0.29, 0.717) is 31.3 Å². The second kappa shape index (κ2) is 10.9. The molecular weight excluding hydrogens is 506 g/mol. The first-order chi connectivity index (χ1) is 16.1. The number of carbonyl (C=O) groups excluding carboxylic acids is 1. The number of ether oxygens (including phenoxy) is 2. The molecule has 0 aliphatic carbocycles. The molecule has 1 saturated heterocycles. The van der Waals surface area contributed by atoms with Crippen molar-refractivity contribution >= 4 is 43.2 Å². The van der Waals surface area contributed by atoms with E-state index in [1.54, 1.807) is 4.90 Å². The number of methoxy groups -OCH3 is 1. The molecule has 1 fully saturated rings. The third kappa shape index (κ3) is 5.99. The van der Waals surface area contributed by atoms with Gasteiger partial charge in [0.1, 0.15) is 5.75 Å². The predicted octanol–water partition coefficient (Wildman–Crippen LogP) is 1.70. The van der Waals surface area contributed by atoms with Crippen molar-refractivity contribution in [1.29, 1.82) is 0 Å². The Morgan fingerprint density at radius 2 is 1.71 bits per heavy atom. The molecule has 2 aromatic carbocycles. The smallest absolute Gasteiger partial charge is 0.264 e. The number of morpholine rings is 1. The molecule has 34 heavy (non-hydrogen) atoms. The van der Waals surface area contributed by atoms with Crippen LogP contribution in [-0.2, 0) is 29.6 Å². The fourth-order valence-electron chi connectivity index (χ4n) is 3.32. The fourth-order valence-corrected chi connectivity index (χ4v) is 5.70. The molecule has 10 nitrogen and oxygen atoms in total. The molecule has 0 bridgehead atoms. The van der Waals surface area contributed by atoms with Crippen molar-refractivity contribution < 1.29 is 31.1 Å². The molecule has 0 atom stereocenters. The van der Waals surface area contributed by atoms with Gasteiger partial charge in [-0.25, -0.2) is 21.6 Å². The SMILES string of the molecule is COc1ccc(S(=O)(=O)NCCC(=O)N2CCOCC2)cc1N(C)S(=O)(=O)c1ccc(Cl)cc1. The van der Waals surface area contributed by atoms with E-state index >= 15 is 0 Å². The number of benzene rings is 2. The quantitative estimate of drug-likeness (QED) is 0.522. The highest BCUT2D eigenvalue weighted by Gasteiger charge is 2.26. The van der Waals surface area contributed by atoms with Crippen LogP contribution < -0.4 is 13.8 Å². The standard InChI is InChI=1S/C21H26ClN3O7S2/c1-24(34(29,30)17-5-3-16(22)4-6-17)19-15-18(7-8-20(19)31-2)33(27,28)23-10-9-21(26)25-11-13-32-14-12-25/h3-8,15,23H,9-14H2,1-2H3. The van der Waals surface area contributed by atoms with Gasteiger partial charge in [0.2, 0.25) is 15.9 Å². The monoisotopic (exact) mass is 531 g/mol. The number of anilines is 1. The Kier molecular flexibility index (Phi) is 8.42. The number of amides is 1. The number of hydrogen-bond donors (Lipinski definition) is 1. The summed E-state index contributed by atoms with van der Waals surface area (Å²) in [7, 11) is -5.40. The maximum Gasteiger partial charge on any atom is 0.264 e. The van der Waals surface area contributed by atoms with Crippen LogP contribution in [0.25, 0.3) is 0 Å². The van der Waals surface area contributed by atoms with Crippen molar-refractivity contribution in [3.63, 3.8) is 0 Å². The molecule has 186 valence electrons. The first kappa shape index (κ1) is 26.2. The Morgan fingerprint density at radius 1 is 1.09 bits per heavy atom. The predicted molar refractivity (Wildman–Crippen MR) is 127 cm³/mol. The topological polar surface area (TPSA) is 122 Å². The third-order valence-electron chi connectivity index (χ3n) is 5.27. The minimum Gasteiger partial charge on any atom is -0.495 e. The lowest BCUT2D eigenvalue weighted by Crippen LogP contribution is -2.42. The molecule has 1 heterocycles. The number of sulfonamides is 2. The largest absolute Gasteiger partial charge is 0.495 e. The second-order valence-corrected chi connectivity index (χ2v) is 11.6. The van der Waals surface area contributed by atoms with E-state index in [9.17, 15) is 21.6 Å². The van der Waals surface area contributed by atoms with E-state index in [0.717, 1.165) is 4.31 Å². The number of hydrogen-bond acceptors (Lipinski definition) is 7. The zero-order valence-corrected chi connectivity index (χ0v) is 21.1. The van der Waals surface area contributed by atoms with Crippen molar-refractivity contribution in [3.8, 4) is 5.75 Å². The average molecular weight is 532 g/mol. The Hall–Kier alpha value is -2.38. The third-order valence-corrected chi connectivity index (χ3v) is 8.76. The van der Waals surface area contributed by atoms with E-state index < -0.39 is 20.0 Å². The normalized spacial score (nSPS) is 14.6.